The van der Waals surface area contributed by atoms with Gasteiger partial charge in [0.25, 0.3) is 0 Å². The minimum Gasteiger partial charge on any atom is -0.394 e. The van der Waals surface area contributed by atoms with Crippen LogP contribution in [0.1, 0.15) is 6.92 Å². The lowest BCUT2D eigenvalue weighted by Crippen LogP contribution is -2.68. The van der Waals surface area contributed by atoms with Crippen molar-refractivity contribution >= 4 is 5.91 Å². The molecule has 3 rings (SSSR count). The van der Waals surface area contributed by atoms with E-state index in [1.807, 2.05) is 0 Å². The van der Waals surface area contributed by atoms with Gasteiger partial charge in [-0.05, 0) is 0 Å². The van der Waals surface area contributed by atoms with E-state index in [0.29, 0.717) is 0 Å². The zero-order valence-electron chi connectivity index (χ0n) is 19.7. The molecule has 0 unspecified atom stereocenters. The summed E-state index contributed by atoms with van der Waals surface area (Å²) in [5.74, 6) is -0.652. The van der Waals surface area contributed by atoms with Gasteiger partial charge in [0.2, 0.25) is 5.91 Å². The summed E-state index contributed by atoms with van der Waals surface area (Å²) in [7, 11) is 0. The highest BCUT2D eigenvalue weighted by atomic mass is 16.7. The van der Waals surface area contributed by atoms with Crippen LogP contribution < -0.4 is 5.32 Å². The maximum atomic E-state index is 11.7. The Kier molecular flexibility index (Phi) is 10.5. The fraction of sp³-hybridized carbons (Fsp3) is 0.950. The second-order valence-corrected chi connectivity index (χ2v) is 9.07. The van der Waals surface area contributed by atoms with Gasteiger partial charge in [-0.25, -0.2) is 0 Å². The number of aliphatic hydroxyl groups excluding tert-OH is 10. The highest BCUT2D eigenvalue weighted by Gasteiger charge is 2.53. The second kappa shape index (κ2) is 12.8. The fourth-order valence-corrected chi connectivity index (χ4v) is 4.46. The van der Waals surface area contributed by atoms with E-state index < -0.39 is 118 Å². The molecule has 1 amide bonds. The molecule has 0 spiro atoms. The van der Waals surface area contributed by atoms with E-state index in [2.05, 4.69) is 5.32 Å². The van der Waals surface area contributed by atoms with Crippen molar-refractivity contribution in [3.63, 3.8) is 0 Å². The van der Waals surface area contributed by atoms with Crippen molar-refractivity contribution in [1.82, 2.24) is 5.32 Å². The Morgan fingerprint density at radius 2 is 1.19 bits per heavy atom. The standard InChI is InChI=1S/C20H35NO16/c1-5(25)21-9-12(28)10(26)6(2-22)34-19(9)37-17-11(27)7(3-23)35-20(15(17)31)36-16-8(4-24)33-18(32)14(30)13(16)29/h6-20,22-24,26-32H,2-4H2,1H3,(H,21,25)/t6-,7-,8-,9-,10-,11+,12-,13-,14-,15-,16+,17+,18-,19+,20-/m1/s1. The Bertz CT molecular complexity index is 745. The van der Waals surface area contributed by atoms with Gasteiger partial charge in [0.05, 0.1) is 19.8 Å². The number of rotatable bonds is 8. The van der Waals surface area contributed by atoms with Crippen molar-refractivity contribution in [3.05, 3.63) is 0 Å². The average molecular weight is 545 g/mol. The maximum absolute atomic E-state index is 11.7. The van der Waals surface area contributed by atoms with E-state index in [0.717, 1.165) is 6.92 Å². The molecular weight excluding hydrogens is 510 g/mol. The first kappa shape index (κ1) is 30.4. The van der Waals surface area contributed by atoms with E-state index in [1.54, 1.807) is 0 Å². The molecule has 3 fully saturated rings. The van der Waals surface area contributed by atoms with Crippen molar-refractivity contribution in [1.29, 1.82) is 0 Å². The van der Waals surface area contributed by atoms with Gasteiger partial charge in [0.1, 0.15) is 73.2 Å². The molecule has 0 radical (unpaired) electrons. The van der Waals surface area contributed by atoms with E-state index in [4.69, 9.17) is 23.7 Å². The summed E-state index contributed by atoms with van der Waals surface area (Å²) in [4.78, 5) is 11.7. The van der Waals surface area contributed by atoms with Gasteiger partial charge in [0, 0.05) is 6.92 Å². The van der Waals surface area contributed by atoms with Crippen LogP contribution in [-0.4, -0.2) is 169 Å². The number of carbonyl (C=O) groups excluding carboxylic acids is 1. The molecule has 11 N–H and O–H groups in total. The molecule has 17 heteroatoms. The van der Waals surface area contributed by atoms with Crippen molar-refractivity contribution in [3.8, 4) is 0 Å². The predicted molar refractivity (Wildman–Crippen MR) is 113 cm³/mol. The Balaban J connectivity index is 1.83. The molecular formula is C20H35NO16. The minimum absolute atomic E-state index is 0.652. The topological polar surface area (TPSA) is 278 Å². The first-order chi connectivity index (χ1) is 17.4. The molecule has 3 heterocycles. The lowest BCUT2D eigenvalue weighted by atomic mass is 9.95. The Labute approximate surface area is 210 Å². The summed E-state index contributed by atoms with van der Waals surface area (Å²) in [6.07, 6.45) is -23.4. The van der Waals surface area contributed by atoms with Gasteiger partial charge in [-0.2, -0.15) is 0 Å². The number of carbonyl (C=O) groups is 1. The quantitative estimate of drug-likeness (QED) is 0.135. The van der Waals surface area contributed by atoms with E-state index >= 15 is 0 Å². The summed E-state index contributed by atoms with van der Waals surface area (Å²) < 4.78 is 27.0. The normalized spacial score (nSPS) is 49.0. The van der Waals surface area contributed by atoms with Gasteiger partial charge < -0.3 is 80.1 Å². The lowest BCUT2D eigenvalue weighted by Gasteiger charge is -2.48. The lowest BCUT2D eigenvalue weighted by molar-refractivity contribution is -0.373. The summed E-state index contributed by atoms with van der Waals surface area (Å²) in [5, 5.41) is 103. The molecule has 0 aromatic heterocycles. The second-order valence-electron chi connectivity index (χ2n) is 9.07. The highest BCUT2D eigenvalue weighted by Crippen LogP contribution is 2.32. The number of amides is 1. The monoisotopic (exact) mass is 545 g/mol. The number of hydrogen-bond acceptors (Lipinski definition) is 16. The van der Waals surface area contributed by atoms with Crippen LogP contribution in [0.15, 0.2) is 0 Å². The maximum Gasteiger partial charge on any atom is 0.217 e. The Hall–Kier alpha value is -1.13. The SMILES string of the molecule is CC(=O)N[C@H]1[C@H](O[C@H]2[C@@H](O)[C@@H](CO)O[C@H](O[C@@H]3[C@H](O)[C@@H](O)[C@H](O)O[C@@H]3CO)[C@@H]2O)O[C@H](CO)[C@@H](O)[C@@H]1O. The third-order valence-electron chi connectivity index (χ3n) is 6.49. The molecule has 3 aliphatic heterocycles. The molecule has 3 aliphatic rings. The van der Waals surface area contributed by atoms with E-state index in [-0.39, 0.29) is 0 Å². The molecule has 15 atom stereocenters. The van der Waals surface area contributed by atoms with Crippen molar-refractivity contribution in [2.45, 2.75) is 99.0 Å². The molecule has 0 bridgehead atoms. The number of ether oxygens (including phenoxy) is 5. The zero-order valence-corrected chi connectivity index (χ0v) is 19.7. The number of aliphatic hydroxyl groups is 10. The largest absolute Gasteiger partial charge is 0.394 e. The third kappa shape index (κ3) is 6.38. The highest BCUT2D eigenvalue weighted by molar-refractivity contribution is 5.73. The van der Waals surface area contributed by atoms with E-state index in [9.17, 15) is 55.9 Å². The summed E-state index contributed by atoms with van der Waals surface area (Å²) in [5.41, 5.74) is 0. The van der Waals surface area contributed by atoms with Crippen LogP contribution in [0.25, 0.3) is 0 Å². The van der Waals surface area contributed by atoms with Gasteiger partial charge >= 0.3 is 0 Å². The van der Waals surface area contributed by atoms with Crippen molar-refractivity contribution in [2.24, 2.45) is 0 Å². The van der Waals surface area contributed by atoms with Crippen molar-refractivity contribution in [2.75, 3.05) is 19.8 Å². The van der Waals surface area contributed by atoms with Gasteiger partial charge in [-0.3, -0.25) is 4.79 Å². The Morgan fingerprint density at radius 1 is 0.649 bits per heavy atom. The average Bonchev–Trinajstić information content (AvgIpc) is 2.86. The first-order valence-electron chi connectivity index (χ1n) is 11.6. The zero-order chi connectivity index (χ0) is 27.6. The number of nitrogens with one attached hydrogen (secondary N) is 1. The van der Waals surface area contributed by atoms with Crippen LogP contribution >= 0.6 is 0 Å². The van der Waals surface area contributed by atoms with Crippen LogP contribution in [0.4, 0.5) is 0 Å². The van der Waals surface area contributed by atoms with Gasteiger partial charge in [-0.15, -0.1) is 0 Å². The minimum atomic E-state index is -1.91. The van der Waals surface area contributed by atoms with Crippen LogP contribution in [0.2, 0.25) is 0 Å². The smallest absolute Gasteiger partial charge is 0.217 e. The molecule has 0 aromatic rings. The first-order valence-corrected chi connectivity index (χ1v) is 11.6. The molecule has 37 heavy (non-hydrogen) atoms. The fourth-order valence-electron chi connectivity index (χ4n) is 4.46. The third-order valence-corrected chi connectivity index (χ3v) is 6.49. The summed E-state index contributed by atoms with van der Waals surface area (Å²) >= 11 is 0. The van der Waals surface area contributed by atoms with Gasteiger partial charge in [0.15, 0.2) is 18.9 Å². The van der Waals surface area contributed by atoms with E-state index in [1.165, 1.54) is 0 Å². The van der Waals surface area contributed by atoms with Crippen LogP contribution in [0.5, 0.6) is 0 Å². The molecule has 0 aromatic carbocycles. The van der Waals surface area contributed by atoms with Gasteiger partial charge in [-0.1, -0.05) is 0 Å². The molecule has 17 nitrogen and oxygen atoms in total. The van der Waals surface area contributed by atoms with Crippen LogP contribution in [0, 0.1) is 0 Å². The van der Waals surface area contributed by atoms with Crippen LogP contribution in [-0.2, 0) is 28.5 Å². The Morgan fingerprint density at radius 3 is 1.76 bits per heavy atom. The molecule has 0 saturated carbocycles. The summed E-state index contributed by atoms with van der Waals surface area (Å²) in [6.45, 7) is -1.25. The molecule has 3 saturated heterocycles. The summed E-state index contributed by atoms with van der Waals surface area (Å²) in [6, 6.07) is -1.42. The molecule has 216 valence electrons. The number of hydrogen-bond donors (Lipinski definition) is 11. The van der Waals surface area contributed by atoms with Crippen LogP contribution in [0.3, 0.4) is 0 Å². The van der Waals surface area contributed by atoms with Crippen molar-refractivity contribution < 1.29 is 79.5 Å². The molecule has 0 aliphatic carbocycles. The predicted octanol–water partition coefficient (Wildman–Crippen LogP) is -7.43.